The smallest absolute Gasteiger partial charge is 0.248 e. The van der Waals surface area contributed by atoms with Crippen LogP contribution in [0.3, 0.4) is 0 Å². The predicted molar refractivity (Wildman–Crippen MR) is 124 cm³/mol. The number of primary amides is 1. The lowest BCUT2D eigenvalue weighted by molar-refractivity contribution is -0.116. The number of amides is 2. The van der Waals surface area contributed by atoms with Crippen molar-refractivity contribution in [1.29, 1.82) is 0 Å². The van der Waals surface area contributed by atoms with Crippen LogP contribution in [0.2, 0.25) is 0 Å². The molecule has 0 radical (unpaired) electrons. The van der Waals surface area contributed by atoms with Crippen molar-refractivity contribution in [3.63, 3.8) is 0 Å². The summed E-state index contributed by atoms with van der Waals surface area (Å²) in [7, 11) is 4.93. The number of carbonyl (C=O) groups excluding carboxylic acids is 2. The normalized spacial score (nSPS) is 13.2. The van der Waals surface area contributed by atoms with Gasteiger partial charge in [-0.1, -0.05) is 24.3 Å². The van der Waals surface area contributed by atoms with Crippen LogP contribution < -0.4 is 20.1 Å². The van der Waals surface area contributed by atoms with Crippen LogP contribution in [0, 0.1) is 0 Å². The van der Waals surface area contributed by atoms with Gasteiger partial charge in [-0.3, -0.25) is 14.6 Å². The van der Waals surface area contributed by atoms with Gasteiger partial charge in [-0.25, -0.2) is 0 Å². The number of ether oxygens (including phenoxy) is 2. The summed E-state index contributed by atoms with van der Waals surface area (Å²) < 4.78 is 10.9. The maximum atomic E-state index is 12.6. The van der Waals surface area contributed by atoms with E-state index in [4.69, 9.17) is 15.2 Å². The number of aliphatic imine (C=N–C) groups is 1. The Morgan fingerprint density at radius 2 is 1.72 bits per heavy atom. The topological polar surface area (TPSA) is 94.2 Å². The summed E-state index contributed by atoms with van der Waals surface area (Å²) >= 11 is 0. The van der Waals surface area contributed by atoms with Crippen LogP contribution in [0.5, 0.6) is 11.5 Å². The summed E-state index contributed by atoms with van der Waals surface area (Å²) in [5.41, 5.74) is 10.4. The van der Waals surface area contributed by atoms with E-state index in [2.05, 4.69) is 4.99 Å². The number of benzene rings is 3. The summed E-state index contributed by atoms with van der Waals surface area (Å²) in [6, 6.07) is 18.4. The highest BCUT2D eigenvalue weighted by molar-refractivity contribution is 6.20. The molecule has 7 heteroatoms. The van der Waals surface area contributed by atoms with Crippen molar-refractivity contribution in [2.24, 2.45) is 10.7 Å². The molecule has 0 atom stereocenters. The minimum absolute atomic E-state index is 0.0124. The van der Waals surface area contributed by atoms with E-state index in [0.717, 1.165) is 22.4 Å². The molecule has 1 aliphatic heterocycles. The summed E-state index contributed by atoms with van der Waals surface area (Å²) in [5.74, 6) is 0.703. The van der Waals surface area contributed by atoms with Gasteiger partial charge in [-0.15, -0.1) is 0 Å². The molecular weight excluding hydrogens is 406 g/mol. The average Bonchev–Trinajstić information content (AvgIpc) is 2.94. The minimum Gasteiger partial charge on any atom is -0.497 e. The third kappa shape index (κ3) is 3.80. The Balaban J connectivity index is 1.94. The SMILES string of the molecule is COc1ccc(-c2cc3c(cc2OC)N(C)C(=O)CN=C3c2cccc(C(N)=O)c2)cc1. The number of hydrogen-bond acceptors (Lipinski definition) is 5. The molecule has 32 heavy (non-hydrogen) atoms. The molecule has 0 saturated heterocycles. The number of rotatable bonds is 5. The van der Waals surface area contributed by atoms with Gasteiger partial charge in [0.05, 0.1) is 25.6 Å². The number of nitrogens with zero attached hydrogens (tertiary/aromatic N) is 2. The van der Waals surface area contributed by atoms with Crippen molar-refractivity contribution in [2.45, 2.75) is 0 Å². The Morgan fingerprint density at radius 1 is 0.969 bits per heavy atom. The molecule has 4 rings (SSSR count). The Bertz CT molecular complexity index is 1230. The lowest BCUT2D eigenvalue weighted by Crippen LogP contribution is -2.27. The second-order valence-electron chi connectivity index (χ2n) is 7.36. The molecule has 2 N–H and O–H groups in total. The Morgan fingerprint density at radius 3 is 2.38 bits per heavy atom. The average molecular weight is 429 g/mol. The predicted octanol–water partition coefficient (Wildman–Crippen LogP) is 3.28. The maximum Gasteiger partial charge on any atom is 0.248 e. The number of benzodiazepines with no additional fused rings is 1. The Labute approximate surface area is 186 Å². The van der Waals surface area contributed by atoms with Crippen LogP contribution in [0.15, 0.2) is 65.7 Å². The van der Waals surface area contributed by atoms with E-state index in [1.165, 1.54) is 0 Å². The number of carbonyl (C=O) groups is 2. The first-order valence-corrected chi connectivity index (χ1v) is 10.0. The third-order valence-electron chi connectivity index (χ3n) is 5.50. The second-order valence-corrected chi connectivity index (χ2v) is 7.36. The molecule has 0 fully saturated rings. The number of likely N-dealkylation sites (N-methyl/N-ethyl adjacent to an activating group) is 1. The number of hydrogen-bond donors (Lipinski definition) is 1. The number of nitrogens with two attached hydrogens (primary N) is 1. The highest BCUT2D eigenvalue weighted by atomic mass is 16.5. The molecule has 7 nitrogen and oxygen atoms in total. The first kappa shape index (κ1) is 21.1. The summed E-state index contributed by atoms with van der Waals surface area (Å²) in [6.45, 7) is -0.0124. The zero-order chi connectivity index (χ0) is 22.8. The van der Waals surface area contributed by atoms with E-state index in [1.54, 1.807) is 44.4 Å². The highest BCUT2D eigenvalue weighted by Gasteiger charge is 2.25. The van der Waals surface area contributed by atoms with E-state index >= 15 is 0 Å². The minimum atomic E-state index is -0.525. The second kappa shape index (κ2) is 8.55. The van der Waals surface area contributed by atoms with Crippen LogP contribution in [0.25, 0.3) is 11.1 Å². The molecule has 0 saturated carbocycles. The molecule has 1 heterocycles. The molecule has 0 aromatic heterocycles. The number of methoxy groups -OCH3 is 2. The van der Waals surface area contributed by atoms with Crippen molar-refractivity contribution in [3.8, 4) is 22.6 Å². The van der Waals surface area contributed by atoms with E-state index < -0.39 is 5.91 Å². The molecule has 162 valence electrons. The summed E-state index contributed by atoms with van der Waals surface area (Å²) in [6.07, 6.45) is 0. The molecule has 3 aromatic rings. The first-order chi connectivity index (χ1) is 15.4. The summed E-state index contributed by atoms with van der Waals surface area (Å²) in [5, 5.41) is 0. The quantitative estimate of drug-likeness (QED) is 0.673. The maximum absolute atomic E-state index is 12.6. The van der Waals surface area contributed by atoms with Gasteiger partial charge in [-0.2, -0.15) is 0 Å². The first-order valence-electron chi connectivity index (χ1n) is 10.0. The number of anilines is 1. The van der Waals surface area contributed by atoms with Gasteiger partial charge in [0.2, 0.25) is 11.8 Å². The fraction of sp³-hybridized carbons (Fsp3) is 0.160. The van der Waals surface area contributed by atoms with Crippen LogP contribution in [-0.4, -0.2) is 45.3 Å². The molecule has 3 aromatic carbocycles. The van der Waals surface area contributed by atoms with Crippen molar-refractivity contribution in [1.82, 2.24) is 0 Å². The molecule has 0 aliphatic carbocycles. The van der Waals surface area contributed by atoms with Crippen molar-refractivity contribution < 1.29 is 19.1 Å². The molecule has 0 bridgehead atoms. The highest BCUT2D eigenvalue weighted by Crippen LogP contribution is 2.38. The Hall–Kier alpha value is -4.13. The molecule has 2 amide bonds. The van der Waals surface area contributed by atoms with E-state index in [-0.39, 0.29) is 12.5 Å². The fourth-order valence-electron chi connectivity index (χ4n) is 3.74. The van der Waals surface area contributed by atoms with Crippen LogP contribution in [0.1, 0.15) is 21.5 Å². The van der Waals surface area contributed by atoms with Gasteiger partial charge in [0.15, 0.2) is 0 Å². The van der Waals surface area contributed by atoms with Gasteiger partial charge >= 0.3 is 0 Å². The fourth-order valence-corrected chi connectivity index (χ4v) is 3.74. The lowest BCUT2D eigenvalue weighted by atomic mass is 9.94. The number of fused-ring (bicyclic) bond motifs is 1. The molecule has 1 aliphatic rings. The molecule has 0 unspecified atom stereocenters. The molecule has 0 spiro atoms. The van der Waals surface area contributed by atoms with Crippen LogP contribution in [-0.2, 0) is 4.79 Å². The zero-order valence-electron chi connectivity index (χ0n) is 18.1. The van der Waals surface area contributed by atoms with E-state index in [0.29, 0.717) is 28.3 Å². The standard InChI is InChI=1S/C25H23N3O4/c1-28-21-13-22(32-3)19(15-7-9-18(31-2)10-8-15)12-20(21)24(27-14-23(28)29)16-5-4-6-17(11-16)25(26)30/h4-13H,14H2,1-3H3,(H2,26,30). The van der Waals surface area contributed by atoms with Gasteiger partial charge in [0, 0.05) is 35.4 Å². The largest absolute Gasteiger partial charge is 0.497 e. The van der Waals surface area contributed by atoms with E-state index in [9.17, 15) is 9.59 Å². The van der Waals surface area contributed by atoms with Gasteiger partial charge in [0.25, 0.3) is 0 Å². The van der Waals surface area contributed by atoms with Gasteiger partial charge in [0.1, 0.15) is 18.0 Å². The van der Waals surface area contributed by atoms with Crippen molar-refractivity contribution >= 4 is 23.2 Å². The lowest BCUT2D eigenvalue weighted by Gasteiger charge is -2.21. The van der Waals surface area contributed by atoms with Crippen molar-refractivity contribution in [3.05, 3.63) is 77.4 Å². The van der Waals surface area contributed by atoms with E-state index in [1.807, 2.05) is 42.5 Å². The Kier molecular flexibility index (Phi) is 5.64. The zero-order valence-corrected chi connectivity index (χ0v) is 18.1. The van der Waals surface area contributed by atoms with Crippen molar-refractivity contribution in [2.75, 3.05) is 32.7 Å². The van der Waals surface area contributed by atoms with Gasteiger partial charge < -0.3 is 20.1 Å². The van der Waals surface area contributed by atoms with Gasteiger partial charge in [-0.05, 0) is 35.9 Å². The third-order valence-corrected chi connectivity index (χ3v) is 5.50. The molecular formula is C25H23N3O4. The van der Waals surface area contributed by atoms with Crippen LogP contribution >= 0.6 is 0 Å². The monoisotopic (exact) mass is 429 g/mol. The summed E-state index contributed by atoms with van der Waals surface area (Å²) in [4.78, 5) is 30.5. The van der Waals surface area contributed by atoms with Crippen LogP contribution in [0.4, 0.5) is 5.69 Å².